The zero-order valence-electron chi connectivity index (χ0n) is 11.1. The zero-order valence-corrected chi connectivity index (χ0v) is 11.1. The molecule has 2 aromatic carbocycles. The van der Waals surface area contributed by atoms with Crippen LogP contribution in [0.5, 0.6) is 0 Å². The third-order valence-electron chi connectivity index (χ3n) is 3.21. The van der Waals surface area contributed by atoms with E-state index in [1.807, 2.05) is 12.1 Å². The number of hydrogen-bond acceptors (Lipinski definition) is 2. The van der Waals surface area contributed by atoms with Crippen LogP contribution in [0.15, 0.2) is 48.5 Å². The van der Waals surface area contributed by atoms with Gasteiger partial charge in [-0.05, 0) is 37.6 Å². The molecule has 0 fully saturated rings. The molecule has 0 aromatic heterocycles. The van der Waals surface area contributed by atoms with Gasteiger partial charge in [-0.25, -0.2) is 0 Å². The normalized spacial score (nSPS) is 10.3. The summed E-state index contributed by atoms with van der Waals surface area (Å²) in [6, 6.07) is 16.6. The van der Waals surface area contributed by atoms with E-state index in [4.69, 9.17) is 5.73 Å². The number of hydrogen-bond donors (Lipinski definition) is 1. The number of benzene rings is 2. The molecule has 0 aliphatic heterocycles. The molecule has 18 heavy (non-hydrogen) atoms. The van der Waals surface area contributed by atoms with Crippen LogP contribution in [0.25, 0.3) is 11.1 Å². The molecule has 2 N–H and O–H groups in total. The Balaban J connectivity index is 2.54. The van der Waals surface area contributed by atoms with Crippen LogP contribution in [0.4, 0.5) is 11.4 Å². The van der Waals surface area contributed by atoms with Crippen molar-refractivity contribution in [1.82, 2.24) is 0 Å². The summed E-state index contributed by atoms with van der Waals surface area (Å²) in [4.78, 5) is 2.35. The average molecular weight is 240 g/mol. The molecule has 0 saturated heterocycles. The minimum absolute atomic E-state index is 0.810. The quantitative estimate of drug-likeness (QED) is 0.824. The van der Waals surface area contributed by atoms with Crippen LogP contribution < -0.4 is 10.6 Å². The van der Waals surface area contributed by atoms with Crippen LogP contribution in [0.1, 0.15) is 13.8 Å². The average Bonchev–Trinajstić information content (AvgIpc) is 2.42. The van der Waals surface area contributed by atoms with Gasteiger partial charge in [0.2, 0.25) is 0 Å². The molecule has 0 atom stereocenters. The predicted molar refractivity (Wildman–Crippen MR) is 79.9 cm³/mol. The molecule has 2 rings (SSSR count). The molecule has 94 valence electrons. The minimum atomic E-state index is 0.810. The lowest BCUT2D eigenvalue weighted by atomic mass is 10.0. The third-order valence-corrected chi connectivity index (χ3v) is 3.21. The van der Waals surface area contributed by atoms with Gasteiger partial charge in [-0.2, -0.15) is 0 Å². The Morgan fingerprint density at radius 1 is 0.944 bits per heavy atom. The van der Waals surface area contributed by atoms with Crippen LogP contribution in [0.2, 0.25) is 0 Å². The fourth-order valence-electron chi connectivity index (χ4n) is 2.24. The van der Waals surface area contributed by atoms with Crippen molar-refractivity contribution in [2.75, 3.05) is 23.7 Å². The lowest BCUT2D eigenvalue weighted by Crippen LogP contribution is -2.22. The number of rotatable bonds is 4. The largest absolute Gasteiger partial charge is 0.399 e. The third kappa shape index (κ3) is 2.48. The first-order chi connectivity index (χ1) is 8.76. The number of nitrogen functional groups attached to an aromatic ring is 1. The summed E-state index contributed by atoms with van der Waals surface area (Å²) in [5.41, 5.74) is 10.4. The van der Waals surface area contributed by atoms with E-state index in [2.05, 4.69) is 55.1 Å². The fourth-order valence-corrected chi connectivity index (χ4v) is 2.24. The van der Waals surface area contributed by atoms with Crippen LogP contribution in [0.3, 0.4) is 0 Å². The highest BCUT2D eigenvalue weighted by Crippen LogP contribution is 2.32. The van der Waals surface area contributed by atoms with E-state index in [1.165, 1.54) is 16.8 Å². The van der Waals surface area contributed by atoms with E-state index in [1.54, 1.807) is 0 Å². The SMILES string of the molecule is CCN(CC)c1ccc(N)cc1-c1ccccc1. The molecule has 0 saturated carbocycles. The fraction of sp³-hybridized carbons (Fsp3) is 0.250. The summed E-state index contributed by atoms with van der Waals surface area (Å²) in [6.45, 7) is 6.35. The van der Waals surface area contributed by atoms with Crippen LogP contribution in [-0.2, 0) is 0 Å². The molecule has 0 aliphatic carbocycles. The van der Waals surface area contributed by atoms with Crippen molar-refractivity contribution in [3.8, 4) is 11.1 Å². The lowest BCUT2D eigenvalue weighted by molar-refractivity contribution is 0.867. The van der Waals surface area contributed by atoms with Gasteiger partial charge in [0, 0.05) is 30.0 Å². The minimum Gasteiger partial charge on any atom is -0.399 e. The Kier molecular flexibility index (Phi) is 3.88. The topological polar surface area (TPSA) is 29.3 Å². The van der Waals surface area contributed by atoms with E-state index in [-0.39, 0.29) is 0 Å². The van der Waals surface area contributed by atoms with Gasteiger partial charge >= 0.3 is 0 Å². The molecule has 0 aliphatic rings. The van der Waals surface area contributed by atoms with Gasteiger partial charge in [-0.1, -0.05) is 30.3 Å². The molecule has 0 bridgehead atoms. The van der Waals surface area contributed by atoms with Gasteiger partial charge in [0.05, 0.1) is 0 Å². The molecule has 0 spiro atoms. The first-order valence-electron chi connectivity index (χ1n) is 6.46. The van der Waals surface area contributed by atoms with Crippen molar-refractivity contribution in [3.05, 3.63) is 48.5 Å². The van der Waals surface area contributed by atoms with Crippen LogP contribution in [0, 0.1) is 0 Å². The van der Waals surface area contributed by atoms with Crippen molar-refractivity contribution >= 4 is 11.4 Å². The smallest absolute Gasteiger partial charge is 0.0447 e. The Labute approximate surface area is 109 Å². The highest BCUT2D eigenvalue weighted by molar-refractivity contribution is 5.81. The number of nitrogens with zero attached hydrogens (tertiary/aromatic N) is 1. The van der Waals surface area contributed by atoms with Crippen molar-refractivity contribution in [1.29, 1.82) is 0 Å². The van der Waals surface area contributed by atoms with Crippen molar-refractivity contribution in [2.45, 2.75) is 13.8 Å². The van der Waals surface area contributed by atoms with Gasteiger partial charge in [-0.15, -0.1) is 0 Å². The monoisotopic (exact) mass is 240 g/mol. The summed E-state index contributed by atoms with van der Waals surface area (Å²) in [6.07, 6.45) is 0. The van der Waals surface area contributed by atoms with Crippen LogP contribution in [-0.4, -0.2) is 13.1 Å². The molecule has 0 amide bonds. The highest BCUT2D eigenvalue weighted by Gasteiger charge is 2.10. The summed E-state index contributed by atoms with van der Waals surface area (Å²) in [7, 11) is 0. The second kappa shape index (κ2) is 5.58. The van der Waals surface area contributed by atoms with E-state index in [9.17, 15) is 0 Å². The molecule has 2 heteroatoms. The maximum Gasteiger partial charge on any atom is 0.0447 e. The van der Waals surface area contributed by atoms with Crippen molar-refractivity contribution in [3.63, 3.8) is 0 Å². The van der Waals surface area contributed by atoms with Gasteiger partial charge in [0.25, 0.3) is 0 Å². The predicted octanol–water partition coefficient (Wildman–Crippen LogP) is 3.78. The van der Waals surface area contributed by atoms with Gasteiger partial charge in [0.15, 0.2) is 0 Å². The maximum absolute atomic E-state index is 5.93. The van der Waals surface area contributed by atoms with E-state index < -0.39 is 0 Å². The molecular formula is C16H20N2. The highest BCUT2D eigenvalue weighted by atomic mass is 15.1. The Morgan fingerprint density at radius 2 is 1.61 bits per heavy atom. The van der Waals surface area contributed by atoms with E-state index in [0.717, 1.165) is 18.8 Å². The second-order valence-corrected chi connectivity index (χ2v) is 4.31. The number of anilines is 2. The summed E-state index contributed by atoms with van der Waals surface area (Å²) >= 11 is 0. The first kappa shape index (κ1) is 12.5. The zero-order chi connectivity index (χ0) is 13.0. The molecule has 0 unspecified atom stereocenters. The Hall–Kier alpha value is -1.96. The summed E-state index contributed by atoms with van der Waals surface area (Å²) < 4.78 is 0. The second-order valence-electron chi connectivity index (χ2n) is 4.31. The standard InChI is InChI=1S/C16H20N2/c1-3-18(4-2)16-11-10-14(17)12-15(16)13-8-6-5-7-9-13/h5-12H,3-4,17H2,1-2H3. The molecule has 2 nitrogen and oxygen atoms in total. The van der Waals surface area contributed by atoms with E-state index >= 15 is 0 Å². The van der Waals surface area contributed by atoms with Gasteiger partial charge in [-0.3, -0.25) is 0 Å². The first-order valence-corrected chi connectivity index (χ1v) is 6.46. The van der Waals surface area contributed by atoms with E-state index in [0.29, 0.717) is 0 Å². The lowest BCUT2D eigenvalue weighted by Gasteiger charge is -2.24. The van der Waals surface area contributed by atoms with Crippen molar-refractivity contribution in [2.24, 2.45) is 0 Å². The molecule has 0 heterocycles. The van der Waals surface area contributed by atoms with Gasteiger partial charge in [0.1, 0.15) is 0 Å². The maximum atomic E-state index is 5.93. The van der Waals surface area contributed by atoms with Gasteiger partial charge < -0.3 is 10.6 Å². The Morgan fingerprint density at radius 3 is 2.22 bits per heavy atom. The molecular weight excluding hydrogens is 220 g/mol. The molecule has 0 radical (unpaired) electrons. The number of nitrogens with two attached hydrogens (primary N) is 1. The summed E-state index contributed by atoms with van der Waals surface area (Å²) in [5, 5.41) is 0. The molecule has 2 aromatic rings. The summed E-state index contributed by atoms with van der Waals surface area (Å²) in [5.74, 6) is 0. The van der Waals surface area contributed by atoms with Crippen LogP contribution >= 0.6 is 0 Å². The van der Waals surface area contributed by atoms with Crippen molar-refractivity contribution < 1.29 is 0 Å². The Bertz CT molecular complexity index is 502.